The number of hydrogen-bond donors (Lipinski definition) is 1. The molecule has 0 radical (unpaired) electrons. The number of hydrogen-bond acceptors (Lipinski definition) is 5. The number of nitrogens with one attached hydrogen (secondary N) is 1. The molecule has 1 amide bonds. The first-order chi connectivity index (χ1) is 13.2. The van der Waals surface area contributed by atoms with Gasteiger partial charge in [-0.05, 0) is 38.0 Å². The van der Waals surface area contributed by atoms with E-state index in [1.807, 2.05) is 24.2 Å². The van der Waals surface area contributed by atoms with Crippen molar-refractivity contribution in [2.24, 2.45) is 0 Å². The van der Waals surface area contributed by atoms with E-state index in [0.717, 1.165) is 43.6 Å². The highest BCUT2D eigenvalue weighted by atomic mass is 32.2. The number of thioether (sulfide) groups is 1. The molecule has 27 heavy (non-hydrogen) atoms. The Hall–Kier alpha value is -1.60. The van der Waals surface area contributed by atoms with E-state index in [0.29, 0.717) is 11.6 Å². The van der Waals surface area contributed by atoms with Crippen LogP contribution < -0.4 is 5.32 Å². The highest BCUT2D eigenvalue weighted by Gasteiger charge is 2.22. The molecular weight excluding hydrogens is 358 g/mol. The van der Waals surface area contributed by atoms with Gasteiger partial charge in [-0.15, -0.1) is 0 Å². The number of aromatic nitrogens is 3. The van der Waals surface area contributed by atoms with Crippen molar-refractivity contribution in [1.82, 2.24) is 24.8 Å². The number of imidazole rings is 1. The molecule has 2 fully saturated rings. The molecule has 1 saturated heterocycles. The first kappa shape index (κ1) is 18.7. The van der Waals surface area contributed by atoms with Crippen LogP contribution in [0, 0.1) is 0 Å². The molecular formula is C20H29N5OS. The minimum absolute atomic E-state index is 0.0256. The monoisotopic (exact) mass is 387 g/mol. The van der Waals surface area contributed by atoms with Crippen molar-refractivity contribution in [2.75, 3.05) is 31.6 Å². The Morgan fingerprint density at radius 2 is 2.00 bits per heavy atom. The zero-order valence-electron chi connectivity index (χ0n) is 16.1. The third-order valence-electron chi connectivity index (χ3n) is 5.93. The molecule has 0 spiro atoms. The normalized spacial score (nSPS) is 19.7. The van der Waals surface area contributed by atoms with Crippen molar-refractivity contribution in [3.05, 3.63) is 24.2 Å². The Kier molecular flexibility index (Phi) is 5.98. The number of pyridine rings is 1. The van der Waals surface area contributed by atoms with Crippen molar-refractivity contribution in [1.29, 1.82) is 0 Å². The Labute approximate surface area is 165 Å². The average Bonchev–Trinajstić information content (AvgIpc) is 3.36. The van der Waals surface area contributed by atoms with Crippen molar-refractivity contribution in [3.8, 4) is 0 Å². The van der Waals surface area contributed by atoms with Crippen molar-refractivity contribution >= 4 is 28.8 Å². The molecule has 1 saturated carbocycles. The molecule has 0 unspecified atom stereocenters. The van der Waals surface area contributed by atoms with Gasteiger partial charge < -0.3 is 14.8 Å². The first-order valence-electron chi connectivity index (χ1n) is 10.1. The van der Waals surface area contributed by atoms with E-state index in [9.17, 15) is 4.79 Å². The van der Waals surface area contributed by atoms with Crippen LogP contribution >= 0.6 is 11.8 Å². The second kappa shape index (κ2) is 8.61. The number of rotatable bonds is 6. The fourth-order valence-electron chi connectivity index (χ4n) is 4.28. The van der Waals surface area contributed by atoms with Crippen LogP contribution in [0.2, 0.25) is 0 Å². The van der Waals surface area contributed by atoms with Crippen molar-refractivity contribution in [3.63, 3.8) is 0 Å². The lowest BCUT2D eigenvalue weighted by atomic mass is 10.0. The summed E-state index contributed by atoms with van der Waals surface area (Å²) in [7, 11) is 0. The number of piperidine rings is 1. The molecule has 1 N–H and O–H groups in total. The van der Waals surface area contributed by atoms with Gasteiger partial charge in [0, 0.05) is 43.7 Å². The molecule has 3 heterocycles. The number of nitrogens with zero attached hydrogens (tertiary/aromatic N) is 4. The van der Waals surface area contributed by atoms with Crippen LogP contribution in [0.3, 0.4) is 0 Å². The third kappa shape index (κ3) is 4.29. The van der Waals surface area contributed by atoms with Crippen LogP contribution in [0.4, 0.5) is 0 Å². The molecule has 4 rings (SSSR count). The molecule has 0 aromatic carbocycles. The number of fused-ring (bicyclic) bond motifs is 1. The maximum absolute atomic E-state index is 12.7. The van der Waals surface area contributed by atoms with Crippen molar-refractivity contribution in [2.45, 2.75) is 50.6 Å². The molecule has 1 aliphatic carbocycles. The number of carbonyl (C=O) groups excluding carboxylic acids is 1. The highest BCUT2D eigenvalue weighted by molar-refractivity contribution is 7.98. The van der Waals surface area contributed by atoms with Crippen molar-refractivity contribution < 1.29 is 4.79 Å². The second-order valence-corrected chi connectivity index (χ2v) is 8.72. The van der Waals surface area contributed by atoms with E-state index in [4.69, 9.17) is 0 Å². The topological polar surface area (TPSA) is 63.1 Å². The Balaban J connectivity index is 1.37. The minimum atomic E-state index is -0.0256. The summed E-state index contributed by atoms with van der Waals surface area (Å²) in [4.78, 5) is 24.2. The third-order valence-corrected chi connectivity index (χ3v) is 6.52. The van der Waals surface area contributed by atoms with E-state index in [-0.39, 0.29) is 11.9 Å². The quantitative estimate of drug-likeness (QED) is 0.825. The summed E-state index contributed by atoms with van der Waals surface area (Å²) in [5, 5.41) is 3.19. The molecule has 2 aromatic rings. The predicted octanol–water partition coefficient (Wildman–Crippen LogP) is 3.10. The van der Waals surface area contributed by atoms with Gasteiger partial charge in [0.2, 0.25) is 0 Å². The number of likely N-dealkylation sites (tertiary alicyclic amines) is 1. The number of carbonyl (C=O) groups is 1. The number of amides is 1. The van der Waals surface area contributed by atoms with Crippen LogP contribution in [0.25, 0.3) is 11.2 Å². The predicted molar refractivity (Wildman–Crippen MR) is 110 cm³/mol. The lowest BCUT2D eigenvalue weighted by molar-refractivity contribution is 0.0912. The summed E-state index contributed by atoms with van der Waals surface area (Å²) in [6.45, 7) is 3.27. The van der Waals surface area contributed by atoms with Gasteiger partial charge in [-0.1, -0.05) is 12.8 Å². The van der Waals surface area contributed by atoms with Gasteiger partial charge in [0.25, 0.3) is 5.91 Å². The minimum Gasteiger partial charge on any atom is -0.349 e. The maximum Gasteiger partial charge on any atom is 0.253 e. The van der Waals surface area contributed by atoms with Gasteiger partial charge in [0.05, 0.1) is 11.9 Å². The summed E-state index contributed by atoms with van der Waals surface area (Å²) in [6, 6.07) is 2.66. The van der Waals surface area contributed by atoms with Gasteiger partial charge in [-0.2, -0.15) is 11.8 Å². The van der Waals surface area contributed by atoms with Crippen LogP contribution in [0.15, 0.2) is 18.6 Å². The second-order valence-electron chi connectivity index (χ2n) is 7.74. The lowest BCUT2D eigenvalue weighted by Crippen LogP contribution is -2.45. The van der Waals surface area contributed by atoms with Crippen LogP contribution in [0.5, 0.6) is 0 Å². The lowest BCUT2D eigenvalue weighted by Gasteiger charge is -2.32. The SMILES string of the molecule is CSCCN1CCC(NC(=O)c2cnc3c(c2)ncn3C2CCCC2)CC1. The van der Waals surface area contributed by atoms with Gasteiger partial charge in [0.1, 0.15) is 5.52 Å². The molecule has 1 aliphatic heterocycles. The van der Waals surface area contributed by atoms with E-state index >= 15 is 0 Å². The summed E-state index contributed by atoms with van der Waals surface area (Å²) >= 11 is 1.89. The van der Waals surface area contributed by atoms with Crippen LogP contribution in [-0.2, 0) is 0 Å². The van der Waals surface area contributed by atoms with Gasteiger partial charge in [-0.25, -0.2) is 9.97 Å². The van der Waals surface area contributed by atoms with Crippen LogP contribution in [-0.4, -0.2) is 63.0 Å². The fourth-order valence-corrected chi connectivity index (χ4v) is 4.72. The van der Waals surface area contributed by atoms with Gasteiger partial charge in [0.15, 0.2) is 5.65 Å². The highest BCUT2D eigenvalue weighted by Crippen LogP contribution is 2.31. The molecule has 6 nitrogen and oxygen atoms in total. The Morgan fingerprint density at radius 3 is 2.74 bits per heavy atom. The Bertz CT molecular complexity index is 778. The van der Waals surface area contributed by atoms with E-state index in [1.54, 1.807) is 6.20 Å². The molecule has 0 atom stereocenters. The largest absolute Gasteiger partial charge is 0.349 e. The van der Waals surface area contributed by atoms with E-state index in [2.05, 4.69) is 31.0 Å². The molecule has 2 aromatic heterocycles. The summed E-state index contributed by atoms with van der Waals surface area (Å²) in [5.41, 5.74) is 2.34. The molecule has 0 bridgehead atoms. The fraction of sp³-hybridized carbons (Fsp3) is 0.650. The summed E-state index contributed by atoms with van der Waals surface area (Å²) < 4.78 is 2.19. The smallest absolute Gasteiger partial charge is 0.253 e. The van der Waals surface area contributed by atoms with E-state index < -0.39 is 0 Å². The maximum atomic E-state index is 12.7. The zero-order valence-corrected chi connectivity index (χ0v) is 16.9. The molecule has 146 valence electrons. The van der Waals surface area contributed by atoms with Gasteiger partial charge in [-0.3, -0.25) is 4.79 Å². The Morgan fingerprint density at radius 1 is 1.22 bits per heavy atom. The zero-order chi connectivity index (χ0) is 18.6. The molecule has 7 heteroatoms. The standard InChI is InChI=1S/C20H29N5OS/c1-27-11-10-24-8-6-16(7-9-24)23-20(26)15-12-18-19(21-13-15)25(14-22-18)17-4-2-3-5-17/h12-14,16-17H,2-11H2,1H3,(H,23,26). The summed E-state index contributed by atoms with van der Waals surface area (Å²) in [5.74, 6) is 1.15. The average molecular weight is 388 g/mol. The van der Waals surface area contributed by atoms with Crippen LogP contribution in [0.1, 0.15) is 54.9 Å². The summed E-state index contributed by atoms with van der Waals surface area (Å²) in [6.07, 6.45) is 12.7. The first-order valence-corrected chi connectivity index (χ1v) is 11.5. The van der Waals surface area contributed by atoms with E-state index in [1.165, 1.54) is 31.4 Å². The molecule has 2 aliphatic rings. The van der Waals surface area contributed by atoms with Gasteiger partial charge >= 0.3 is 0 Å².